The van der Waals surface area contributed by atoms with Crippen molar-refractivity contribution in [3.8, 4) is 0 Å². The van der Waals surface area contributed by atoms with Crippen molar-refractivity contribution < 1.29 is 4.74 Å². The smallest absolute Gasteiger partial charge is 0.0700 e. The lowest BCUT2D eigenvalue weighted by Crippen LogP contribution is -2.32. The molecule has 1 aromatic heterocycles. The van der Waals surface area contributed by atoms with Gasteiger partial charge in [-0.05, 0) is 30.9 Å². The number of nitrogens with zero attached hydrogens (tertiary/aromatic N) is 1. The van der Waals surface area contributed by atoms with Gasteiger partial charge in [-0.25, -0.2) is 0 Å². The zero-order chi connectivity index (χ0) is 13.0. The number of hydrazine groups is 1. The van der Waals surface area contributed by atoms with Gasteiger partial charge in [0, 0.05) is 17.8 Å². The van der Waals surface area contributed by atoms with Crippen LogP contribution in [0.1, 0.15) is 25.5 Å². The van der Waals surface area contributed by atoms with Crippen LogP contribution in [0.15, 0.2) is 36.7 Å². The number of nitrogens with one attached hydrogen (secondary N) is 1. The van der Waals surface area contributed by atoms with Crippen LogP contribution in [0.3, 0.4) is 0 Å². The van der Waals surface area contributed by atoms with E-state index in [0.29, 0.717) is 6.61 Å². The summed E-state index contributed by atoms with van der Waals surface area (Å²) < 4.78 is 5.64. The van der Waals surface area contributed by atoms with Gasteiger partial charge in [0.05, 0.1) is 18.8 Å². The summed E-state index contributed by atoms with van der Waals surface area (Å²) in [6.45, 7) is 4.57. The Bertz CT molecular complexity index is 508. The van der Waals surface area contributed by atoms with E-state index in [2.05, 4.69) is 22.5 Å². The fourth-order valence-electron chi connectivity index (χ4n) is 1.96. The average Bonchev–Trinajstić information content (AvgIpc) is 2.39. The van der Waals surface area contributed by atoms with Crippen LogP contribution < -0.4 is 11.3 Å². The van der Waals surface area contributed by atoms with Gasteiger partial charge in [-0.15, -0.1) is 0 Å². The van der Waals surface area contributed by atoms with Gasteiger partial charge >= 0.3 is 0 Å². The monoisotopic (exact) mass is 245 g/mol. The van der Waals surface area contributed by atoms with Crippen LogP contribution in [-0.2, 0) is 4.74 Å². The molecule has 0 fully saturated rings. The molecule has 0 saturated heterocycles. The van der Waals surface area contributed by atoms with Crippen molar-refractivity contribution in [2.75, 3.05) is 6.61 Å². The quantitative estimate of drug-likeness (QED) is 0.626. The van der Waals surface area contributed by atoms with Gasteiger partial charge in [0.1, 0.15) is 0 Å². The van der Waals surface area contributed by atoms with Crippen LogP contribution in [0.5, 0.6) is 0 Å². The maximum absolute atomic E-state index is 5.64. The molecule has 0 radical (unpaired) electrons. The van der Waals surface area contributed by atoms with E-state index in [-0.39, 0.29) is 12.1 Å². The maximum Gasteiger partial charge on any atom is 0.0700 e. The number of aromatic nitrogens is 1. The third kappa shape index (κ3) is 2.85. The molecule has 2 rings (SSSR count). The first-order valence-electron chi connectivity index (χ1n) is 6.12. The molecule has 2 aromatic rings. The van der Waals surface area contributed by atoms with E-state index < -0.39 is 0 Å². The largest absolute Gasteiger partial charge is 0.377 e. The van der Waals surface area contributed by atoms with Crippen molar-refractivity contribution in [1.82, 2.24) is 10.4 Å². The van der Waals surface area contributed by atoms with Crippen LogP contribution in [0, 0.1) is 0 Å². The van der Waals surface area contributed by atoms with Gasteiger partial charge in [-0.2, -0.15) is 0 Å². The normalized spacial score (nSPS) is 13.1. The van der Waals surface area contributed by atoms with E-state index in [1.54, 1.807) is 6.20 Å². The van der Waals surface area contributed by atoms with Crippen LogP contribution in [-0.4, -0.2) is 17.7 Å². The van der Waals surface area contributed by atoms with E-state index in [0.717, 1.165) is 16.3 Å². The Morgan fingerprint density at radius 2 is 2.17 bits per heavy atom. The molecule has 0 spiro atoms. The topological polar surface area (TPSA) is 60.2 Å². The van der Waals surface area contributed by atoms with E-state index in [1.807, 2.05) is 32.2 Å². The lowest BCUT2D eigenvalue weighted by atomic mass is 10.0. The predicted octanol–water partition coefficient (Wildman–Crippen LogP) is 2.16. The summed E-state index contributed by atoms with van der Waals surface area (Å²) in [5.41, 5.74) is 3.93. The molecular formula is C14H19N3O. The molecule has 1 atom stereocenters. The number of nitrogens with two attached hydrogens (primary N) is 1. The summed E-state index contributed by atoms with van der Waals surface area (Å²) in [5.74, 6) is 5.63. The maximum atomic E-state index is 5.64. The molecule has 0 aliphatic rings. The minimum absolute atomic E-state index is 0.0275. The molecular weight excluding hydrogens is 226 g/mol. The van der Waals surface area contributed by atoms with Crippen molar-refractivity contribution >= 4 is 10.8 Å². The van der Waals surface area contributed by atoms with Gasteiger partial charge in [-0.3, -0.25) is 16.3 Å². The zero-order valence-corrected chi connectivity index (χ0v) is 10.8. The summed E-state index contributed by atoms with van der Waals surface area (Å²) in [7, 11) is 0. The predicted molar refractivity (Wildman–Crippen MR) is 72.9 cm³/mol. The molecule has 1 aromatic carbocycles. The van der Waals surface area contributed by atoms with Crippen molar-refractivity contribution in [3.63, 3.8) is 0 Å². The second kappa shape index (κ2) is 5.91. The third-order valence-electron chi connectivity index (χ3n) is 2.89. The summed E-state index contributed by atoms with van der Waals surface area (Å²) in [5, 5.41) is 2.27. The molecule has 1 unspecified atom stereocenters. The van der Waals surface area contributed by atoms with Gasteiger partial charge in [0.15, 0.2) is 0 Å². The minimum Gasteiger partial charge on any atom is -0.377 e. The molecule has 0 aliphatic heterocycles. The van der Waals surface area contributed by atoms with Crippen molar-refractivity contribution in [2.45, 2.75) is 26.0 Å². The van der Waals surface area contributed by atoms with Crippen molar-refractivity contribution in [3.05, 3.63) is 42.2 Å². The van der Waals surface area contributed by atoms with Crippen LogP contribution in [0.4, 0.5) is 0 Å². The van der Waals surface area contributed by atoms with E-state index >= 15 is 0 Å². The summed E-state index contributed by atoms with van der Waals surface area (Å²) in [4.78, 5) is 4.18. The van der Waals surface area contributed by atoms with Gasteiger partial charge in [-0.1, -0.05) is 18.2 Å². The number of ether oxygens (including phenoxy) is 1. The highest BCUT2D eigenvalue weighted by atomic mass is 16.5. The lowest BCUT2D eigenvalue weighted by Gasteiger charge is -2.19. The number of rotatable bonds is 5. The summed E-state index contributed by atoms with van der Waals surface area (Å²) in [6, 6.07) is 8.11. The van der Waals surface area contributed by atoms with E-state index in [9.17, 15) is 0 Å². The fourth-order valence-corrected chi connectivity index (χ4v) is 1.96. The van der Waals surface area contributed by atoms with Crippen LogP contribution >= 0.6 is 0 Å². The minimum atomic E-state index is -0.0275. The number of benzene rings is 1. The van der Waals surface area contributed by atoms with Gasteiger partial charge < -0.3 is 4.74 Å². The molecule has 18 heavy (non-hydrogen) atoms. The Balaban J connectivity index is 2.32. The first-order chi connectivity index (χ1) is 8.72. The standard InChI is InChI=1S/C14H19N3O/c1-10(2)18-9-14(17-15)12-5-3-4-11-6-7-16-8-13(11)12/h3-8,10,14,17H,9,15H2,1-2H3. The van der Waals surface area contributed by atoms with Crippen LogP contribution in [0.25, 0.3) is 10.8 Å². The Morgan fingerprint density at radius 1 is 1.33 bits per heavy atom. The Kier molecular flexibility index (Phi) is 4.25. The SMILES string of the molecule is CC(C)OCC(NN)c1cccc2ccncc12. The number of fused-ring (bicyclic) bond motifs is 1. The fraction of sp³-hybridized carbons (Fsp3) is 0.357. The Morgan fingerprint density at radius 3 is 2.89 bits per heavy atom. The lowest BCUT2D eigenvalue weighted by molar-refractivity contribution is 0.0614. The Labute approximate surface area is 107 Å². The molecule has 0 aliphatic carbocycles. The number of hydrogen-bond donors (Lipinski definition) is 2. The number of pyridine rings is 1. The van der Waals surface area contributed by atoms with E-state index in [4.69, 9.17) is 10.6 Å². The molecule has 4 heteroatoms. The average molecular weight is 245 g/mol. The first kappa shape index (κ1) is 13.0. The van der Waals surface area contributed by atoms with Crippen molar-refractivity contribution in [2.24, 2.45) is 5.84 Å². The first-order valence-corrected chi connectivity index (χ1v) is 6.12. The van der Waals surface area contributed by atoms with E-state index in [1.165, 1.54) is 0 Å². The second-order valence-electron chi connectivity index (χ2n) is 4.55. The molecule has 3 N–H and O–H groups in total. The summed E-state index contributed by atoms with van der Waals surface area (Å²) >= 11 is 0. The highest BCUT2D eigenvalue weighted by molar-refractivity contribution is 5.85. The molecule has 1 heterocycles. The molecule has 96 valence electrons. The Hall–Kier alpha value is -1.49. The number of hydrogen-bond acceptors (Lipinski definition) is 4. The van der Waals surface area contributed by atoms with Crippen LogP contribution in [0.2, 0.25) is 0 Å². The third-order valence-corrected chi connectivity index (χ3v) is 2.89. The highest BCUT2D eigenvalue weighted by Gasteiger charge is 2.13. The zero-order valence-electron chi connectivity index (χ0n) is 10.8. The van der Waals surface area contributed by atoms with Gasteiger partial charge in [0.25, 0.3) is 0 Å². The van der Waals surface area contributed by atoms with Gasteiger partial charge in [0.2, 0.25) is 0 Å². The molecule has 0 saturated carbocycles. The molecule has 0 bridgehead atoms. The second-order valence-corrected chi connectivity index (χ2v) is 4.55. The summed E-state index contributed by atoms with van der Waals surface area (Å²) in [6.07, 6.45) is 3.85. The van der Waals surface area contributed by atoms with Crippen molar-refractivity contribution in [1.29, 1.82) is 0 Å². The molecule has 0 amide bonds. The highest BCUT2D eigenvalue weighted by Crippen LogP contribution is 2.23. The molecule has 4 nitrogen and oxygen atoms in total.